The molecule has 0 saturated heterocycles. The molecular formula is C24H32O4. The minimum Gasteiger partial charge on any atom is -0.497 e. The van der Waals surface area contributed by atoms with E-state index in [4.69, 9.17) is 14.2 Å². The van der Waals surface area contributed by atoms with Crippen LogP contribution in [0, 0.1) is 5.92 Å². The molecule has 2 aromatic rings. The van der Waals surface area contributed by atoms with Gasteiger partial charge in [-0.25, -0.2) is 0 Å². The Balaban J connectivity index is 1.60. The number of ether oxygens (including phenoxy) is 3. The Hall–Kier alpha value is -2.49. The third-order valence-electron chi connectivity index (χ3n) is 4.84. The second-order valence-electron chi connectivity index (χ2n) is 6.99. The fourth-order valence-corrected chi connectivity index (χ4v) is 2.76. The van der Waals surface area contributed by atoms with Crippen molar-refractivity contribution in [1.29, 1.82) is 0 Å². The minimum atomic E-state index is -0.0797. The maximum atomic E-state index is 11.6. The largest absolute Gasteiger partial charge is 0.497 e. The van der Waals surface area contributed by atoms with E-state index < -0.39 is 0 Å². The summed E-state index contributed by atoms with van der Waals surface area (Å²) in [5, 5.41) is 0. The first-order chi connectivity index (χ1) is 13.6. The summed E-state index contributed by atoms with van der Waals surface area (Å²) in [5.74, 6) is 1.67. The standard InChI is InChI=1S/C24H32O4/c1-4-19(2)24(25)28-18-8-6-5-7-17-27-23-15-11-21(12-16-23)20-9-13-22(26-3)14-10-20/h9-16,19H,4-8,17-18H2,1-3H3. The van der Waals surface area contributed by atoms with E-state index in [1.165, 1.54) is 0 Å². The number of carbonyl (C=O) groups is 1. The molecule has 1 atom stereocenters. The van der Waals surface area contributed by atoms with Crippen LogP contribution in [-0.2, 0) is 9.53 Å². The second-order valence-corrected chi connectivity index (χ2v) is 6.99. The van der Waals surface area contributed by atoms with E-state index in [0.29, 0.717) is 13.2 Å². The molecule has 0 aromatic heterocycles. The van der Waals surface area contributed by atoms with Crippen molar-refractivity contribution in [3.63, 3.8) is 0 Å². The number of methoxy groups -OCH3 is 1. The summed E-state index contributed by atoms with van der Waals surface area (Å²) < 4.78 is 16.3. The zero-order chi connectivity index (χ0) is 20.2. The van der Waals surface area contributed by atoms with Gasteiger partial charge in [0.25, 0.3) is 0 Å². The molecule has 2 aromatic carbocycles. The van der Waals surface area contributed by atoms with Gasteiger partial charge in [0.05, 0.1) is 26.2 Å². The van der Waals surface area contributed by atoms with Crippen molar-refractivity contribution >= 4 is 5.97 Å². The molecule has 0 amide bonds. The Kier molecular flexibility index (Phi) is 9.40. The molecule has 0 radical (unpaired) electrons. The van der Waals surface area contributed by atoms with Gasteiger partial charge in [-0.15, -0.1) is 0 Å². The summed E-state index contributed by atoms with van der Waals surface area (Å²) in [6, 6.07) is 16.2. The van der Waals surface area contributed by atoms with Crippen molar-refractivity contribution in [3.05, 3.63) is 48.5 Å². The Morgan fingerprint density at radius 2 is 1.36 bits per heavy atom. The first kappa shape index (κ1) is 21.8. The quantitative estimate of drug-likeness (QED) is 0.338. The van der Waals surface area contributed by atoms with E-state index in [2.05, 4.69) is 24.3 Å². The fourth-order valence-electron chi connectivity index (χ4n) is 2.76. The third-order valence-corrected chi connectivity index (χ3v) is 4.84. The van der Waals surface area contributed by atoms with Crippen molar-refractivity contribution in [2.24, 2.45) is 5.92 Å². The van der Waals surface area contributed by atoms with Gasteiger partial charge >= 0.3 is 5.97 Å². The molecule has 0 aliphatic carbocycles. The molecule has 0 bridgehead atoms. The summed E-state index contributed by atoms with van der Waals surface area (Å²) in [4.78, 5) is 11.6. The zero-order valence-electron chi connectivity index (χ0n) is 17.3. The lowest BCUT2D eigenvalue weighted by Gasteiger charge is -2.09. The Morgan fingerprint density at radius 3 is 1.89 bits per heavy atom. The number of esters is 1. The Bertz CT molecular complexity index is 692. The highest BCUT2D eigenvalue weighted by Gasteiger charge is 2.10. The van der Waals surface area contributed by atoms with Crippen LogP contribution in [0.15, 0.2) is 48.5 Å². The van der Waals surface area contributed by atoms with Crippen molar-refractivity contribution < 1.29 is 19.0 Å². The highest BCUT2D eigenvalue weighted by Crippen LogP contribution is 2.24. The molecule has 4 heteroatoms. The van der Waals surface area contributed by atoms with E-state index in [1.54, 1.807) is 7.11 Å². The number of rotatable bonds is 12. The summed E-state index contributed by atoms with van der Waals surface area (Å²) in [6.45, 7) is 5.13. The summed E-state index contributed by atoms with van der Waals surface area (Å²) >= 11 is 0. The lowest BCUT2D eigenvalue weighted by molar-refractivity contribution is -0.148. The molecule has 0 saturated carbocycles. The average molecular weight is 385 g/mol. The first-order valence-corrected chi connectivity index (χ1v) is 10.2. The van der Waals surface area contributed by atoms with Crippen molar-refractivity contribution in [2.45, 2.75) is 46.0 Å². The van der Waals surface area contributed by atoms with Crippen LogP contribution in [0.25, 0.3) is 11.1 Å². The Morgan fingerprint density at radius 1 is 0.821 bits per heavy atom. The summed E-state index contributed by atoms with van der Waals surface area (Å²) in [5.41, 5.74) is 2.31. The van der Waals surface area contributed by atoms with Gasteiger partial charge in [-0.2, -0.15) is 0 Å². The van der Waals surface area contributed by atoms with Gasteiger partial charge in [0.1, 0.15) is 11.5 Å². The predicted molar refractivity (Wildman–Crippen MR) is 113 cm³/mol. The van der Waals surface area contributed by atoms with Gasteiger partial charge in [0.2, 0.25) is 0 Å². The van der Waals surface area contributed by atoms with Crippen LogP contribution in [0.5, 0.6) is 11.5 Å². The molecule has 0 fully saturated rings. The first-order valence-electron chi connectivity index (χ1n) is 10.2. The summed E-state index contributed by atoms with van der Waals surface area (Å²) in [6.07, 6.45) is 4.87. The molecule has 2 rings (SSSR count). The molecule has 0 spiro atoms. The number of hydrogen-bond acceptors (Lipinski definition) is 4. The molecule has 0 aliphatic heterocycles. The van der Waals surface area contributed by atoms with Gasteiger partial charge in [-0.3, -0.25) is 4.79 Å². The van der Waals surface area contributed by atoms with E-state index in [0.717, 1.165) is 54.7 Å². The van der Waals surface area contributed by atoms with E-state index >= 15 is 0 Å². The number of hydrogen-bond donors (Lipinski definition) is 0. The molecular weight excluding hydrogens is 352 g/mol. The second kappa shape index (κ2) is 12.1. The normalized spacial score (nSPS) is 11.7. The van der Waals surface area contributed by atoms with E-state index in [9.17, 15) is 4.79 Å². The highest BCUT2D eigenvalue weighted by atomic mass is 16.5. The van der Waals surface area contributed by atoms with Crippen LogP contribution in [0.3, 0.4) is 0 Å². The van der Waals surface area contributed by atoms with E-state index in [-0.39, 0.29) is 11.9 Å². The van der Waals surface area contributed by atoms with Crippen LogP contribution in [-0.4, -0.2) is 26.3 Å². The van der Waals surface area contributed by atoms with Crippen LogP contribution in [0.2, 0.25) is 0 Å². The molecule has 152 valence electrons. The minimum absolute atomic E-state index is 0.00417. The molecule has 1 unspecified atom stereocenters. The lowest BCUT2D eigenvalue weighted by Crippen LogP contribution is -2.14. The fraction of sp³-hybridized carbons (Fsp3) is 0.458. The molecule has 28 heavy (non-hydrogen) atoms. The number of carbonyl (C=O) groups excluding carboxylic acids is 1. The average Bonchev–Trinajstić information content (AvgIpc) is 2.75. The van der Waals surface area contributed by atoms with Crippen LogP contribution in [0.4, 0.5) is 0 Å². The van der Waals surface area contributed by atoms with Gasteiger partial charge < -0.3 is 14.2 Å². The topological polar surface area (TPSA) is 44.8 Å². The smallest absolute Gasteiger partial charge is 0.308 e. The maximum Gasteiger partial charge on any atom is 0.308 e. The van der Waals surface area contributed by atoms with Crippen LogP contribution in [0.1, 0.15) is 46.0 Å². The molecule has 0 heterocycles. The Labute approximate surface area is 168 Å². The van der Waals surface area contributed by atoms with E-state index in [1.807, 2.05) is 38.1 Å². The predicted octanol–water partition coefficient (Wildman–Crippen LogP) is 5.89. The molecule has 4 nitrogen and oxygen atoms in total. The molecule has 0 N–H and O–H groups in total. The van der Waals surface area contributed by atoms with Crippen molar-refractivity contribution in [1.82, 2.24) is 0 Å². The third kappa shape index (κ3) is 7.26. The van der Waals surface area contributed by atoms with Gasteiger partial charge in [0.15, 0.2) is 0 Å². The van der Waals surface area contributed by atoms with Crippen molar-refractivity contribution in [2.75, 3.05) is 20.3 Å². The van der Waals surface area contributed by atoms with Crippen LogP contribution < -0.4 is 9.47 Å². The number of benzene rings is 2. The lowest BCUT2D eigenvalue weighted by atomic mass is 10.1. The van der Waals surface area contributed by atoms with Gasteiger partial charge in [0, 0.05) is 0 Å². The monoisotopic (exact) mass is 384 g/mol. The van der Waals surface area contributed by atoms with Gasteiger partial charge in [-0.05, 0) is 67.5 Å². The number of unbranched alkanes of at least 4 members (excludes halogenated alkanes) is 3. The van der Waals surface area contributed by atoms with Crippen molar-refractivity contribution in [3.8, 4) is 22.6 Å². The molecule has 0 aliphatic rings. The SMILES string of the molecule is CCC(C)C(=O)OCCCCCCOc1ccc(-c2ccc(OC)cc2)cc1. The maximum absolute atomic E-state index is 11.6. The van der Waals surface area contributed by atoms with Crippen LogP contribution >= 0.6 is 0 Å². The van der Waals surface area contributed by atoms with Gasteiger partial charge in [-0.1, -0.05) is 38.1 Å². The highest BCUT2D eigenvalue weighted by molar-refractivity contribution is 5.71. The summed E-state index contributed by atoms with van der Waals surface area (Å²) in [7, 11) is 1.67. The zero-order valence-corrected chi connectivity index (χ0v) is 17.3.